The lowest BCUT2D eigenvalue weighted by atomic mass is 10.1. The smallest absolute Gasteiger partial charge is 0.251 e. The van der Waals surface area contributed by atoms with Gasteiger partial charge in [-0.05, 0) is 24.1 Å². The Bertz CT molecular complexity index is 510. The maximum Gasteiger partial charge on any atom is 0.251 e. The van der Waals surface area contributed by atoms with Crippen molar-refractivity contribution in [2.75, 3.05) is 6.54 Å². The molecule has 0 atom stereocenters. The van der Waals surface area contributed by atoms with Crippen molar-refractivity contribution in [3.63, 3.8) is 0 Å². The number of hydrogen-bond acceptors (Lipinski definition) is 3. The first-order chi connectivity index (χ1) is 9.29. The molecule has 0 unspecified atom stereocenters. The number of alkyl halides is 1. The number of amides is 1. The molecule has 0 spiro atoms. The fraction of sp³-hybridized carbons (Fsp3) is 0.308. The summed E-state index contributed by atoms with van der Waals surface area (Å²) < 4.78 is 0. The van der Waals surface area contributed by atoms with Crippen LogP contribution in [0, 0.1) is 0 Å². The number of aromatic amines is 1. The van der Waals surface area contributed by atoms with Gasteiger partial charge in [-0.1, -0.05) is 12.1 Å². The summed E-state index contributed by atoms with van der Waals surface area (Å²) in [4.78, 5) is 15.8. The van der Waals surface area contributed by atoms with Gasteiger partial charge in [0.15, 0.2) is 0 Å². The molecule has 6 heteroatoms. The van der Waals surface area contributed by atoms with Crippen LogP contribution in [-0.2, 0) is 12.3 Å². The average Bonchev–Trinajstić information content (AvgIpc) is 2.96. The minimum atomic E-state index is -0.0707. The zero-order chi connectivity index (χ0) is 13.5. The maximum atomic E-state index is 11.8. The lowest BCUT2D eigenvalue weighted by molar-refractivity contribution is 0.0953. The van der Waals surface area contributed by atoms with Gasteiger partial charge in [-0.3, -0.25) is 9.89 Å². The number of aromatic nitrogens is 3. The van der Waals surface area contributed by atoms with Crippen molar-refractivity contribution >= 4 is 17.5 Å². The average molecular weight is 279 g/mol. The highest BCUT2D eigenvalue weighted by Gasteiger charge is 2.04. The number of nitrogens with zero attached hydrogens (tertiary/aromatic N) is 2. The quantitative estimate of drug-likeness (QED) is 0.626. The zero-order valence-corrected chi connectivity index (χ0v) is 11.2. The monoisotopic (exact) mass is 278 g/mol. The molecular weight excluding hydrogens is 264 g/mol. The van der Waals surface area contributed by atoms with E-state index < -0.39 is 0 Å². The van der Waals surface area contributed by atoms with E-state index in [0.29, 0.717) is 18.0 Å². The van der Waals surface area contributed by atoms with Gasteiger partial charge in [0.2, 0.25) is 0 Å². The van der Waals surface area contributed by atoms with Gasteiger partial charge in [0.05, 0.1) is 0 Å². The first kappa shape index (κ1) is 13.5. The summed E-state index contributed by atoms with van der Waals surface area (Å²) in [5.41, 5.74) is 1.65. The Morgan fingerprint density at radius 3 is 2.74 bits per heavy atom. The Labute approximate surface area is 116 Å². The minimum Gasteiger partial charge on any atom is -0.352 e. The van der Waals surface area contributed by atoms with E-state index in [0.717, 1.165) is 24.2 Å². The molecule has 0 aliphatic heterocycles. The van der Waals surface area contributed by atoms with Crippen molar-refractivity contribution in [2.45, 2.75) is 18.7 Å². The van der Waals surface area contributed by atoms with Gasteiger partial charge in [0.1, 0.15) is 12.2 Å². The lowest BCUT2D eigenvalue weighted by Gasteiger charge is -2.05. The number of rotatable bonds is 6. The van der Waals surface area contributed by atoms with Crippen LogP contribution in [0.25, 0.3) is 0 Å². The third-order valence-corrected chi connectivity index (χ3v) is 3.02. The Hall–Kier alpha value is -1.88. The van der Waals surface area contributed by atoms with Crippen molar-refractivity contribution in [1.29, 1.82) is 0 Å². The first-order valence-electron chi connectivity index (χ1n) is 6.07. The van der Waals surface area contributed by atoms with Crippen molar-refractivity contribution < 1.29 is 4.79 Å². The lowest BCUT2D eigenvalue weighted by Crippen LogP contribution is -2.24. The van der Waals surface area contributed by atoms with Crippen molar-refractivity contribution in [3.8, 4) is 0 Å². The molecule has 1 amide bonds. The van der Waals surface area contributed by atoms with Crippen molar-refractivity contribution in [1.82, 2.24) is 20.5 Å². The number of halogens is 1. The number of H-pyrrole nitrogens is 1. The maximum absolute atomic E-state index is 11.8. The molecule has 0 bridgehead atoms. The van der Waals surface area contributed by atoms with E-state index in [1.165, 1.54) is 6.33 Å². The van der Waals surface area contributed by atoms with Gasteiger partial charge in [-0.25, -0.2) is 4.98 Å². The van der Waals surface area contributed by atoms with Crippen molar-refractivity contribution in [2.24, 2.45) is 0 Å². The predicted octanol–water partition coefficient (Wildman–Crippen LogP) is 1.91. The molecule has 100 valence electrons. The van der Waals surface area contributed by atoms with Crippen LogP contribution in [-0.4, -0.2) is 27.6 Å². The number of carbonyl (C=O) groups excluding carboxylic acids is 1. The van der Waals surface area contributed by atoms with Crippen molar-refractivity contribution in [3.05, 3.63) is 47.5 Å². The first-order valence-corrected chi connectivity index (χ1v) is 6.60. The molecule has 19 heavy (non-hydrogen) atoms. The highest BCUT2D eigenvalue weighted by Crippen LogP contribution is 2.06. The van der Waals surface area contributed by atoms with Crippen LogP contribution in [0.5, 0.6) is 0 Å². The second kappa shape index (κ2) is 6.89. The summed E-state index contributed by atoms with van der Waals surface area (Å²) in [7, 11) is 0. The van der Waals surface area contributed by atoms with Crippen LogP contribution in [0.4, 0.5) is 0 Å². The number of hydrogen-bond donors (Lipinski definition) is 2. The number of nitrogens with one attached hydrogen (secondary N) is 2. The van der Waals surface area contributed by atoms with Crippen LogP contribution < -0.4 is 5.32 Å². The molecule has 2 aromatic rings. The zero-order valence-electron chi connectivity index (χ0n) is 10.4. The normalized spacial score (nSPS) is 10.4. The van der Waals surface area contributed by atoms with E-state index in [-0.39, 0.29) is 5.91 Å². The Balaban J connectivity index is 1.74. The molecule has 0 saturated heterocycles. The molecule has 2 N–H and O–H groups in total. The molecule has 0 aliphatic carbocycles. The number of carbonyl (C=O) groups is 1. The van der Waals surface area contributed by atoms with E-state index in [1.807, 2.05) is 12.1 Å². The van der Waals surface area contributed by atoms with E-state index in [9.17, 15) is 4.79 Å². The molecule has 1 aromatic carbocycles. The van der Waals surface area contributed by atoms with Gasteiger partial charge in [-0.15, -0.1) is 11.6 Å². The molecule has 2 rings (SSSR count). The van der Waals surface area contributed by atoms with E-state index >= 15 is 0 Å². The van der Waals surface area contributed by atoms with Gasteiger partial charge in [0.25, 0.3) is 5.91 Å². The van der Waals surface area contributed by atoms with Crippen LogP contribution in [0.15, 0.2) is 30.6 Å². The predicted molar refractivity (Wildman–Crippen MR) is 73.0 cm³/mol. The highest BCUT2D eigenvalue weighted by molar-refractivity contribution is 6.17. The van der Waals surface area contributed by atoms with Gasteiger partial charge < -0.3 is 5.32 Å². The molecule has 5 nitrogen and oxygen atoms in total. The fourth-order valence-electron chi connectivity index (χ4n) is 1.66. The number of aryl methyl sites for hydroxylation is 1. The van der Waals surface area contributed by atoms with Crippen LogP contribution in [0.3, 0.4) is 0 Å². The second-order valence-electron chi connectivity index (χ2n) is 4.12. The van der Waals surface area contributed by atoms with E-state index in [1.54, 1.807) is 12.1 Å². The SMILES string of the molecule is O=C(NCCCc1ncn[nH]1)c1ccc(CCl)cc1. The summed E-state index contributed by atoms with van der Waals surface area (Å²) in [5.74, 6) is 1.22. The van der Waals surface area contributed by atoms with E-state index in [2.05, 4.69) is 20.5 Å². The minimum absolute atomic E-state index is 0.0707. The van der Waals surface area contributed by atoms with Gasteiger partial charge >= 0.3 is 0 Å². The third kappa shape index (κ3) is 4.06. The topological polar surface area (TPSA) is 70.7 Å². The number of benzene rings is 1. The Morgan fingerprint density at radius 1 is 1.32 bits per heavy atom. The van der Waals surface area contributed by atoms with Crippen LogP contribution in [0.2, 0.25) is 0 Å². The summed E-state index contributed by atoms with van der Waals surface area (Å²) in [6.45, 7) is 0.608. The summed E-state index contributed by atoms with van der Waals surface area (Å²) >= 11 is 5.70. The molecule has 1 heterocycles. The molecule has 0 saturated carbocycles. The van der Waals surface area contributed by atoms with E-state index in [4.69, 9.17) is 11.6 Å². The van der Waals surface area contributed by atoms with Crippen LogP contribution in [0.1, 0.15) is 28.2 Å². The second-order valence-corrected chi connectivity index (χ2v) is 4.39. The van der Waals surface area contributed by atoms with Crippen LogP contribution >= 0.6 is 11.6 Å². The highest BCUT2D eigenvalue weighted by atomic mass is 35.5. The standard InChI is InChI=1S/C13H15ClN4O/c14-8-10-3-5-11(6-4-10)13(19)15-7-1-2-12-16-9-17-18-12/h3-6,9H,1-2,7-8H2,(H,15,19)(H,16,17,18). The molecule has 0 radical (unpaired) electrons. The third-order valence-electron chi connectivity index (χ3n) is 2.71. The Kier molecular flexibility index (Phi) is 4.92. The van der Waals surface area contributed by atoms with Gasteiger partial charge in [0, 0.05) is 24.4 Å². The summed E-state index contributed by atoms with van der Waals surface area (Å²) in [5, 5.41) is 9.41. The summed E-state index contributed by atoms with van der Waals surface area (Å²) in [6, 6.07) is 7.28. The molecule has 1 aromatic heterocycles. The molecule has 0 fully saturated rings. The summed E-state index contributed by atoms with van der Waals surface area (Å²) in [6.07, 6.45) is 3.07. The van der Waals surface area contributed by atoms with Gasteiger partial charge in [-0.2, -0.15) is 5.10 Å². The Morgan fingerprint density at radius 2 is 2.11 bits per heavy atom. The molecule has 0 aliphatic rings. The molecular formula is C13H15ClN4O. The largest absolute Gasteiger partial charge is 0.352 e. The fourth-order valence-corrected chi connectivity index (χ4v) is 1.83.